The predicted octanol–water partition coefficient (Wildman–Crippen LogP) is -0.604. The van der Waals surface area contributed by atoms with Crippen molar-refractivity contribution in [2.45, 2.75) is 32.6 Å². The van der Waals surface area contributed by atoms with Gasteiger partial charge in [0.25, 0.3) is 5.56 Å². The normalized spacial score (nSPS) is 20.6. The lowest BCUT2D eigenvalue weighted by Gasteiger charge is -2.35. The molecule has 132 valence electrons. The molecule has 0 spiro atoms. The van der Waals surface area contributed by atoms with Crippen LogP contribution in [0.3, 0.4) is 0 Å². The molecule has 8 heteroatoms. The molecule has 0 saturated carbocycles. The first-order valence-electron chi connectivity index (χ1n) is 8.01. The highest BCUT2D eigenvalue weighted by Crippen LogP contribution is 2.14. The highest BCUT2D eigenvalue weighted by Gasteiger charge is 2.26. The summed E-state index contributed by atoms with van der Waals surface area (Å²) >= 11 is 0. The Balaban J connectivity index is 1.96. The number of hydrogen-bond acceptors (Lipinski definition) is 6. The third-order valence-corrected chi connectivity index (χ3v) is 4.12. The van der Waals surface area contributed by atoms with Gasteiger partial charge in [0.2, 0.25) is 5.91 Å². The molecule has 0 N–H and O–H groups in total. The minimum atomic E-state index is -1.49. The number of nitrogens with zero attached hydrogens (tertiary/aromatic N) is 3. The van der Waals surface area contributed by atoms with E-state index in [-0.39, 0.29) is 41.1 Å². The first-order chi connectivity index (χ1) is 11.9. The first-order valence-corrected chi connectivity index (χ1v) is 8.01. The number of carboxylic acids is 1. The Bertz CT molecular complexity index is 881. The lowest BCUT2D eigenvalue weighted by atomic mass is 10.1. The van der Waals surface area contributed by atoms with Crippen LogP contribution in [0.2, 0.25) is 0 Å². The van der Waals surface area contributed by atoms with Crippen molar-refractivity contribution in [3.8, 4) is 0 Å². The van der Waals surface area contributed by atoms with E-state index in [1.165, 1.54) is 12.1 Å². The molecule has 1 aromatic carbocycles. The van der Waals surface area contributed by atoms with Crippen LogP contribution >= 0.6 is 0 Å². The summed E-state index contributed by atoms with van der Waals surface area (Å²) in [6.45, 7) is 4.23. The highest BCUT2D eigenvalue weighted by atomic mass is 16.5. The van der Waals surface area contributed by atoms with Gasteiger partial charge in [-0.25, -0.2) is 4.68 Å². The molecule has 25 heavy (non-hydrogen) atoms. The minimum Gasteiger partial charge on any atom is -0.543 e. The molecule has 0 unspecified atom stereocenters. The maximum Gasteiger partial charge on any atom is 0.275 e. The molecule has 1 amide bonds. The van der Waals surface area contributed by atoms with E-state index in [4.69, 9.17) is 4.74 Å². The van der Waals surface area contributed by atoms with Crippen LogP contribution in [0.25, 0.3) is 10.8 Å². The predicted molar refractivity (Wildman–Crippen MR) is 86.9 cm³/mol. The van der Waals surface area contributed by atoms with Crippen molar-refractivity contribution >= 4 is 22.6 Å². The van der Waals surface area contributed by atoms with Crippen molar-refractivity contribution in [2.75, 3.05) is 13.1 Å². The quantitative estimate of drug-likeness (QED) is 0.736. The maximum absolute atomic E-state index is 12.5. The number of amides is 1. The van der Waals surface area contributed by atoms with Crippen molar-refractivity contribution in [1.29, 1.82) is 0 Å². The van der Waals surface area contributed by atoms with Gasteiger partial charge in [0.15, 0.2) is 0 Å². The van der Waals surface area contributed by atoms with E-state index >= 15 is 0 Å². The number of benzene rings is 1. The van der Waals surface area contributed by atoms with Crippen molar-refractivity contribution in [3.63, 3.8) is 0 Å². The van der Waals surface area contributed by atoms with Crippen molar-refractivity contribution in [3.05, 3.63) is 40.3 Å². The van der Waals surface area contributed by atoms with Gasteiger partial charge in [-0.05, 0) is 19.9 Å². The standard InChI is InChI=1S/C17H19N3O5/c1-10-7-19(8-11(2)25-10)14(21)9-20-16(22)13-6-4-3-5-12(13)15(18-20)17(23)24/h3-6,10-11H,7-9H2,1-2H3,(H,23,24)/p-1/t10-,11-/m1/s1. The van der Waals surface area contributed by atoms with Gasteiger partial charge in [-0.15, -0.1) is 0 Å². The van der Waals surface area contributed by atoms with Crippen LogP contribution in [0.5, 0.6) is 0 Å². The number of carboxylic acid groups (broad SMARTS) is 1. The average molecular weight is 344 g/mol. The zero-order chi connectivity index (χ0) is 18.1. The maximum atomic E-state index is 12.5. The van der Waals surface area contributed by atoms with Gasteiger partial charge in [-0.1, -0.05) is 18.2 Å². The fourth-order valence-corrected chi connectivity index (χ4v) is 3.10. The van der Waals surface area contributed by atoms with Gasteiger partial charge in [-0.2, -0.15) is 5.10 Å². The monoisotopic (exact) mass is 344 g/mol. The number of aromatic nitrogens is 2. The van der Waals surface area contributed by atoms with E-state index in [0.29, 0.717) is 13.1 Å². The number of rotatable bonds is 3. The minimum absolute atomic E-state index is 0.104. The fourth-order valence-electron chi connectivity index (χ4n) is 3.10. The van der Waals surface area contributed by atoms with Crippen LogP contribution in [-0.4, -0.2) is 51.9 Å². The van der Waals surface area contributed by atoms with Crippen LogP contribution in [-0.2, 0) is 16.1 Å². The third kappa shape index (κ3) is 3.39. The molecule has 8 nitrogen and oxygen atoms in total. The molecule has 2 aromatic rings. The number of aromatic carboxylic acids is 1. The van der Waals surface area contributed by atoms with Crippen LogP contribution < -0.4 is 10.7 Å². The van der Waals surface area contributed by atoms with Gasteiger partial charge in [0, 0.05) is 18.5 Å². The van der Waals surface area contributed by atoms with Crippen molar-refractivity contribution in [2.24, 2.45) is 0 Å². The molecular weight excluding hydrogens is 326 g/mol. The SMILES string of the molecule is C[C@@H]1CN(C(=O)Cn2nc(C(=O)[O-])c3ccccc3c2=O)C[C@@H](C)O1. The lowest BCUT2D eigenvalue weighted by Crippen LogP contribution is -2.50. The molecule has 2 heterocycles. The third-order valence-electron chi connectivity index (χ3n) is 4.12. The van der Waals surface area contributed by atoms with Crippen LogP contribution in [0, 0.1) is 0 Å². The molecule has 0 bridgehead atoms. The Labute approximate surface area is 143 Å². The molecule has 1 fully saturated rings. The molecular formula is C17H18N3O5-. The largest absolute Gasteiger partial charge is 0.543 e. The molecule has 1 aromatic heterocycles. The Kier molecular flexibility index (Phi) is 4.54. The molecule has 1 saturated heterocycles. The molecule has 0 aliphatic carbocycles. The number of ether oxygens (including phenoxy) is 1. The number of morpholine rings is 1. The van der Waals surface area contributed by atoms with E-state index in [1.54, 1.807) is 17.0 Å². The average Bonchev–Trinajstić information content (AvgIpc) is 2.56. The van der Waals surface area contributed by atoms with Crippen LogP contribution in [0.4, 0.5) is 0 Å². The van der Waals surface area contributed by atoms with Gasteiger partial charge in [0.1, 0.15) is 12.2 Å². The molecule has 3 rings (SSSR count). The summed E-state index contributed by atoms with van der Waals surface area (Å²) in [5, 5.41) is 15.6. The second-order valence-corrected chi connectivity index (χ2v) is 6.20. The van der Waals surface area contributed by atoms with Gasteiger partial charge < -0.3 is 19.5 Å². The van der Waals surface area contributed by atoms with E-state index in [2.05, 4.69) is 5.10 Å². The number of carbonyl (C=O) groups is 2. The van der Waals surface area contributed by atoms with Crippen LogP contribution in [0.15, 0.2) is 29.1 Å². The van der Waals surface area contributed by atoms with E-state index < -0.39 is 11.5 Å². The zero-order valence-electron chi connectivity index (χ0n) is 14.0. The summed E-state index contributed by atoms with van der Waals surface area (Å²) in [5.74, 6) is -1.80. The summed E-state index contributed by atoms with van der Waals surface area (Å²) in [6, 6.07) is 6.24. The van der Waals surface area contributed by atoms with Crippen LogP contribution in [0.1, 0.15) is 24.3 Å². The molecule has 1 aliphatic heterocycles. The van der Waals surface area contributed by atoms with E-state index in [1.807, 2.05) is 13.8 Å². The molecule has 0 radical (unpaired) electrons. The van der Waals surface area contributed by atoms with E-state index in [0.717, 1.165) is 4.68 Å². The lowest BCUT2D eigenvalue weighted by molar-refractivity contribution is -0.255. The van der Waals surface area contributed by atoms with Crippen molar-refractivity contribution in [1.82, 2.24) is 14.7 Å². The summed E-state index contributed by atoms with van der Waals surface area (Å²) < 4.78 is 6.47. The second kappa shape index (κ2) is 6.64. The fraction of sp³-hybridized carbons (Fsp3) is 0.412. The zero-order valence-corrected chi connectivity index (χ0v) is 14.0. The number of fused-ring (bicyclic) bond motifs is 1. The highest BCUT2D eigenvalue weighted by molar-refractivity contribution is 6.00. The number of carbonyl (C=O) groups excluding carboxylic acids is 2. The first kappa shape index (κ1) is 17.1. The Morgan fingerprint density at radius 1 is 1.20 bits per heavy atom. The smallest absolute Gasteiger partial charge is 0.275 e. The summed E-state index contributed by atoms with van der Waals surface area (Å²) in [6.07, 6.45) is -0.208. The second-order valence-electron chi connectivity index (χ2n) is 6.20. The summed E-state index contributed by atoms with van der Waals surface area (Å²) in [4.78, 5) is 38.0. The van der Waals surface area contributed by atoms with Gasteiger partial charge >= 0.3 is 0 Å². The topological polar surface area (TPSA) is 105 Å². The summed E-state index contributed by atoms with van der Waals surface area (Å²) in [7, 11) is 0. The van der Waals surface area contributed by atoms with Gasteiger partial charge in [0.05, 0.1) is 23.6 Å². The Morgan fingerprint density at radius 3 is 2.40 bits per heavy atom. The van der Waals surface area contributed by atoms with Gasteiger partial charge in [-0.3, -0.25) is 9.59 Å². The summed E-state index contributed by atoms with van der Waals surface area (Å²) in [5.41, 5.74) is -0.866. The van der Waals surface area contributed by atoms with E-state index in [9.17, 15) is 19.5 Å². The molecule has 1 aliphatic rings. The van der Waals surface area contributed by atoms with Crippen molar-refractivity contribution < 1.29 is 19.4 Å². The Morgan fingerprint density at radius 2 is 1.80 bits per heavy atom. The number of hydrogen-bond donors (Lipinski definition) is 0. The molecule has 2 atom stereocenters. The Hall–Kier alpha value is -2.74.